The molecular weight excluding hydrogens is 405 g/mol. The summed E-state index contributed by atoms with van der Waals surface area (Å²) in [5.74, 6) is 0.423. The molecule has 0 spiro atoms. The Hall–Kier alpha value is -3.15. The van der Waals surface area contributed by atoms with Gasteiger partial charge < -0.3 is 14.8 Å². The Labute approximate surface area is 186 Å². The topological polar surface area (TPSA) is 56.4 Å². The van der Waals surface area contributed by atoms with E-state index in [-0.39, 0.29) is 23.3 Å². The summed E-state index contributed by atoms with van der Waals surface area (Å²) in [5.41, 5.74) is 3.28. The molecule has 1 saturated carbocycles. The van der Waals surface area contributed by atoms with Crippen molar-refractivity contribution in [3.8, 4) is 0 Å². The molecule has 1 aromatic heterocycles. The lowest BCUT2D eigenvalue weighted by Crippen LogP contribution is -2.36. The number of halogens is 1. The van der Waals surface area contributed by atoms with Crippen molar-refractivity contribution in [2.75, 3.05) is 26.2 Å². The number of aromatic nitrogens is 1. The maximum atomic E-state index is 14.7. The van der Waals surface area contributed by atoms with Gasteiger partial charge in [-0.3, -0.25) is 9.59 Å². The first-order valence-corrected chi connectivity index (χ1v) is 11.5. The number of H-pyrrole nitrogens is 1. The van der Waals surface area contributed by atoms with Crippen molar-refractivity contribution in [2.45, 2.75) is 19.3 Å². The molecule has 164 valence electrons. The molecule has 2 saturated heterocycles. The van der Waals surface area contributed by atoms with Crippen LogP contribution in [-0.2, 0) is 11.2 Å². The molecule has 0 radical (unpaired) electrons. The number of hydrogen-bond acceptors (Lipinski definition) is 2. The monoisotopic (exact) mass is 431 g/mol. The summed E-state index contributed by atoms with van der Waals surface area (Å²) in [5, 5.41) is 1.14. The Morgan fingerprint density at radius 1 is 0.969 bits per heavy atom. The lowest BCUT2D eigenvalue weighted by molar-refractivity contribution is -0.131. The van der Waals surface area contributed by atoms with Gasteiger partial charge in [0.15, 0.2) is 0 Å². The SMILES string of the molecule is O=C(c1cc(Cc2cccc3[nH]ccc23)ccc1F)N1CC2CN(C(=O)C3CC3)CC2C1. The highest BCUT2D eigenvalue weighted by atomic mass is 19.1. The smallest absolute Gasteiger partial charge is 0.256 e. The molecule has 2 unspecified atom stereocenters. The number of likely N-dealkylation sites (tertiary alicyclic amines) is 2. The predicted molar refractivity (Wildman–Crippen MR) is 120 cm³/mol. The third-order valence-corrected chi connectivity index (χ3v) is 7.35. The van der Waals surface area contributed by atoms with Crippen molar-refractivity contribution in [3.63, 3.8) is 0 Å². The molecule has 2 atom stereocenters. The normalized spacial score (nSPS) is 22.5. The summed E-state index contributed by atoms with van der Waals surface area (Å²) in [6.07, 6.45) is 4.59. The molecule has 3 aliphatic rings. The second-order valence-electron chi connectivity index (χ2n) is 9.59. The van der Waals surface area contributed by atoms with Crippen molar-refractivity contribution in [1.82, 2.24) is 14.8 Å². The van der Waals surface area contributed by atoms with E-state index < -0.39 is 5.82 Å². The number of hydrogen-bond donors (Lipinski definition) is 1. The van der Waals surface area contributed by atoms with Gasteiger partial charge in [-0.05, 0) is 54.7 Å². The van der Waals surface area contributed by atoms with Crippen LogP contribution in [0.4, 0.5) is 4.39 Å². The van der Waals surface area contributed by atoms with Crippen LogP contribution in [0.5, 0.6) is 0 Å². The van der Waals surface area contributed by atoms with E-state index >= 15 is 0 Å². The van der Waals surface area contributed by atoms with Gasteiger partial charge in [-0.1, -0.05) is 18.2 Å². The number of rotatable bonds is 4. The van der Waals surface area contributed by atoms with Crippen LogP contribution >= 0.6 is 0 Å². The lowest BCUT2D eigenvalue weighted by atomic mass is 9.99. The van der Waals surface area contributed by atoms with E-state index in [0.29, 0.717) is 31.3 Å². The summed E-state index contributed by atoms with van der Waals surface area (Å²) in [6, 6.07) is 13.0. The van der Waals surface area contributed by atoms with Gasteiger partial charge in [-0.15, -0.1) is 0 Å². The number of nitrogens with zero attached hydrogens (tertiary/aromatic N) is 2. The Morgan fingerprint density at radius 2 is 1.72 bits per heavy atom. The zero-order valence-electron chi connectivity index (χ0n) is 17.9. The largest absolute Gasteiger partial charge is 0.361 e. The van der Waals surface area contributed by atoms with Crippen molar-refractivity contribution in [2.24, 2.45) is 17.8 Å². The number of carbonyl (C=O) groups is 2. The van der Waals surface area contributed by atoms with Gasteiger partial charge in [0.1, 0.15) is 5.82 Å². The van der Waals surface area contributed by atoms with Gasteiger partial charge in [-0.2, -0.15) is 0 Å². The number of benzene rings is 2. The van der Waals surface area contributed by atoms with Gasteiger partial charge in [-0.25, -0.2) is 4.39 Å². The van der Waals surface area contributed by atoms with E-state index in [1.165, 1.54) is 6.07 Å². The zero-order valence-corrected chi connectivity index (χ0v) is 17.9. The maximum Gasteiger partial charge on any atom is 0.256 e. The molecule has 1 aliphatic carbocycles. The van der Waals surface area contributed by atoms with Crippen LogP contribution in [0.25, 0.3) is 10.9 Å². The molecule has 3 heterocycles. The molecule has 6 heteroatoms. The molecule has 5 nitrogen and oxygen atoms in total. The van der Waals surface area contributed by atoms with E-state index in [2.05, 4.69) is 11.1 Å². The Bertz CT molecular complexity index is 1200. The average Bonchev–Trinajstić information content (AvgIpc) is 3.19. The van der Waals surface area contributed by atoms with Gasteiger partial charge in [0, 0.05) is 61.0 Å². The number of amides is 2. The van der Waals surface area contributed by atoms with E-state index in [9.17, 15) is 14.0 Å². The van der Waals surface area contributed by atoms with Crippen LogP contribution in [-0.4, -0.2) is 52.8 Å². The number of aromatic amines is 1. The average molecular weight is 432 g/mol. The summed E-state index contributed by atoms with van der Waals surface area (Å²) < 4.78 is 14.7. The van der Waals surface area contributed by atoms with Crippen molar-refractivity contribution in [1.29, 1.82) is 0 Å². The first kappa shape index (κ1) is 19.5. The van der Waals surface area contributed by atoms with Gasteiger partial charge in [0.05, 0.1) is 5.56 Å². The van der Waals surface area contributed by atoms with Crippen LogP contribution in [0.3, 0.4) is 0 Å². The molecule has 3 aromatic rings. The minimum Gasteiger partial charge on any atom is -0.361 e. The Balaban J connectivity index is 1.17. The third kappa shape index (κ3) is 3.38. The lowest BCUT2D eigenvalue weighted by Gasteiger charge is -2.22. The van der Waals surface area contributed by atoms with E-state index in [4.69, 9.17) is 0 Å². The molecule has 3 fully saturated rings. The quantitative estimate of drug-likeness (QED) is 0.683. The first-order chi connectivity index (χ1) is 15.6. The number of nitrogens with one attached hydrogen (secondary N) is 1. The molecule has 2 amide bonds. The van der Waals surface area contributed by atoms with Crippen molar-refractivity contribution < 1.29 is 14.0 Å². The van der Waals surface area contributed by atoms with Crippen molar-refractivity contribution >= 4 is 22.7 Å². The molecule has 2 aliphatic heterocycles. The third-order valence-electron chi connectivity index (χ3n) is 7.35. The molecule has 6 rings (SSSR count). The maximum absolute atomic E-state index is 14.7. The first-order valence-electron chi connectivity index (χ1n) is 11.5. The summed E-state index contributed by atoms with van der Waals surface area (Å²) in [4.78, 5) is 32.6. The fraction of sp³-hybridized carbons (Fsp3) is 0.385. The van der Waals surface area contributed by atoms with Crippen LogP contribution in [0.2, 0.25) is 0 Å². The van der Waals surface area contributed by atoms with E-state index in [1.54, 1.807) is 17.0 Å². The molecule has 32 heavy (non-hydrogen) atoms. The van der Waals surface area contributed by atoms with Gasteiger partial charge >= 0.3 is 0 Å². The highest BCUT2D eigenvalue weighted by molar-refractivity contribution is 5.95. The fourth-order valence-electron chi connectivity index (χ4n) is 5.47. The minimum absolute atomic E-state index is 0.148. The van der Waals surface area contributed by atoms with Crippen LogP contribution in [0.1, 0.15) is 34.3 Å². The zero-order chi connectivity index (χ0) is 21.8. The minimum atomic E-state index is -0.471. The van der Waals surface area contributed by atoms with Crippen LogP contribution in [0, 0.1) is 23.6 Å². The predicted octanol–water partition coefficient (Wildman–Crippen LogP) is 3.84. The van der Waals surface area contributed by atoms with Crippen LogP contribution < -0.4 is 0 Å². The highest BCUT2D eigenvalue weighted by Gasteiger charge is 2.45. The Kier molecular flexibility index (Phi) is 4.56. The molecule has 0 bridgehead atoms. The summed E-state index contributed by atoms with van der Waals surface area (Å²) in [7, 11) is 0. The summed E-state index contributed by atoms with van der Waals surface area (Å²) in [6.45, 7) is 2.66. The van der Waals surface area contributed by atoms with E-state index in [0.717, 1.165) is 48.0 Å². The van der Waals surface area contributed by atoms with Crippen molar-refractivity contribution in [3.05, 3.63) is 71.2 Å². The highest BCUT2D eigenvalue weighted by Crippen LogP contribution is 2.37. The Morgan fingerprint density at radius 3 is 2.47 bits per heavy atom. The number of carbonyl (C=O) groups excluding carboxylic acids is 2. The molecule has 2 aromatic carbocycles. The summed E-state index contributed by atoms with van der Waals surface area (Å²) >= 11 is 0. The molecular formula is C26H26FN3O2. The van der Waals surface area contributed by atoms with Crippen LogP contribution in [0.15, 0.2) is 48.7 Å². The fourth-order valence-corrected chi connectivity index (χ4v) is 5.47. The second-order valence-corrected chi connectivity index (χ2v) is 9.59. The second kappa shape index (κ2) is 7.47. The molecule has 1 N–H and O–H groups in total. The van der Waals surface area contributed by atoms with Gasteiger partial charge in [0.2, 0.25) is 5.91 Å². The van der Waals surface area contributed by atoms with Gasteiger partial charge in [0.25, 0.3) is 5.91 Å². The van der Waals surface area contributed by atoms with E-state index in [1.807, 2.05) is 29.3 Å². The number of fused-ring (bicyclic) bond motifs is 2. The standard InChI is InChI=1S/C26H26FN3O2/c27-23-7-4-16(10-18-2-1-3-24-21(18)8-9-28-24)11-22(23)26(32)30-14-19-12-29(13-20(19)15-30)25(31)17-5-6-17/h1-4,7-9,11,17,19-20,28H,5-6,10,12-15H2.